The van der Waals surface area contributed by atoms with Crippen molar-refractivity contribution in [3.8, 4) is 5.75 Å². The van der Waals surface area contributed by atoms with Crippen LogP contribution in [0.4, 0.5) is 0 Å². The van der Waals surface area contributed by atoms with Crippen LogP contribution in [-0.4, -0.2) is 37.4 Å². The number of rotatable bonds is 6. The number of carbonyl (C=O) groups is 2. The second-order valence-corrected chi connectivity index (χ2v) is 17.0. The molecule has 0 radical (unpaired) electrons. The number of aryl methyl sites for hydroxylation is 1. The van der Waals surface area contributed by atoms with Crippen LogP contribution < -0.4 is 10.4 Å². The summed E-state index contributed by atoms with van der Waals surface area (Å²) in [7, 11) is 1.58. The lowest BCUT2D eigenvalue weighted by Crippen LogP contribution is -2.52. The number of esters is 2. The highest BCUT2D eigenvalue weighted by Crippen LogP contribution is 2.48. The van der Waals surface area contributed by atoms with E-state index in [1.165, 1.54) is 16.7 Å². The van der Waals surface area contributed by atoms with Crippen LogP contribution in [0.15, 0.2) is 130 Å². The number of allylic oxidation sites excluding steroid dienone is 3. The molecule has 3 aliphatic heterocycles. The molecule has 5 aromatic rings. The van der Waals surface area contributed by atoms with Gasteiger partial charge < -0.3 is 23.4 Å². The standard InChI is InChI=1S/C51H52O8/c1-31(2)41-21-16-32-14-17-35(18-15-32)42-22-19-37(36-13-9-12-34(27-36)26-33-10-7-6-8-11-33)28-40(42)30-44(52)56-47-45-43(59-51(3,4)48(47)58-50(41)54)23-20-38-29-39(24-25-55-5)49(53)57-46(38)45/h6-15,17-20,22-23,27,29,37,40,42,47-48H,16,21,24-26,28,30H2,1-5H3. The lowest BCUT2D eigenvalue weighted by molar-refractivity contribution is -0.188. The molecular weight excluding hydrogens is 741 g/mol. The summed E-state index contributed by atoms with van der Waals surface area (Å²) < 4.78 is 30.8. The minimum atomic E-state index is -1.13. The van der Waals surface area contributed by atoms with E-state index in [0.29, 0.717) is 53.7 Å². The minimum absolute atomic E-state index is 0.0296. The SMILES string of the molecule is COCCc1cc2ccc3c(c2oc1=O)C1OC(=O)CC2CC(c4cccc(Cc5ccccc5)c4)C=CC2c2ccc(cc2)CCC(=C(C)C)C(=O)OC1C(C)(C)O3. The fraction of sp³-hybridized carbons (Fsp3) is 0.353. The summed E-state index contributed by atoms with van der Waals surface area (Å²) in [6.45, 7) is 7.80. The predicted octanol–water partition coefficient (Wildman–Crippen LogP) is 10.1. The second-order valence-electron chi connectivity index (χ2n) is 17.0. The van der Waals surface area contributed by atoms with Crippen LogP contribution in [-0.2, 0) is 43.1 Å². The van der Waals surface area contributed by atoms with Crippen molar-refractivity contribution in [1.82, 2.24) is 0 Å². The molecular formula is C51H52O8. The van der Waals surface area contributed by atoms with Gasteiger partial charge in [0.05, 0.1) is 12.2 Å². The summed E-state index contributed by atoms with van der Waals surface area (Å²) >= 11 is 0. The van der Waals surface area contributed by atoms with E-state index in [0.717, 1.165) is 29.5 Å². The molecule has 4 aromatic carbocycles. The maximum Gasteiger partial charge on any atom is 0.339 e. The number of hydrogen-bond acceptors (Lipinski definition) is 8. The van der Waals surface area contributed by atoms with Crippen molar-refractivity contribution in [1.29, 1.82) is 0 Å². The Hall–Kier alpha value is -5.73. The lowest BCUT2D eigenvalue weighted by atomic mass is 9.72. The quantitative estimate of drug-likeness (QED) is 0.0725. The van der Waals surface area contributed by atoms with E-state index in [1.54, 1.807) is 19.2 Å². The highest BCUT2D eigenvalue weighted by Gasteiger charge is 2.51. The Labute approximate surface area is 345 Å². The van der Waals surface area contributed by atoms with Gasteiger partial charge in [0.15, 0.2) is 12.2 Å². The number of benzene rings is 4. The minimum Gasteiger partial charge on any atom is -0.483 e. The summed E-state index contributed by atoms with van der Waals surface area (Å²) in [6.07, 6.45) is 5.52. The van der Waals surface area contributed by atoms with Gasteiger partial charge in [-0.05, 0) is 105 Å². The molecule has 4 aliphatic rings. The topological polar surface area (TPSA) is 101 Å². The van der Waals surface area contributed by atoms with Crippen LogP contribution in [0, 0.1) is 5.92 Å². The Morgan fingerprint density at radius 2 is 1.59 bits per heavy atom. The molecule has 5 unspecified atom stereocenters. The third-order valence-electron chi connectivity index (χ3n) is 12.2. The smallest absolute Gasteiger partial charge is 0.339 e. The zero-order valence-electron chi connectivity index (χ0n) is 34.5. The molecule has 4 heterocycles. The first-order valence-electron chi connectivity index (χ1n) is 20.7. The Balaban J connectivity index is 1.20. The molecule has 1 aliphatic carbocycles. The highest BCUT2D eigenvalue weighted by molar-refractivity contribution is 5.90. The van der Waals surface area contributed by atoms with E-state index < -0.39 is 35.4 Å². The van der Waals surface area contributed by atoms with Gasteiger partial charge in [0.1, 0.15) is 16.9 Å². The van der Waals surface area contributed by atoms with Crippen LogP contribution in [0.3, 0.4) is 0 Å². The molecule has 0 spiro atoms. The molecule has 0 fully saturated rings. The Morgan fingerprint density at radius 1 is 0.814 bits per heavy atom. The summed E-state index contributed by atoms with van der Waals surface area (Å²) in [5.74, 6) is -0.590. The second kappa shape index (κ2) is 16.9. The van der Waals surface area contributed by atoms with Crippen LogP contribution in [0.5, 0.6) is 5.75 Å². The molecule has 0 saturated carbocycles. The van der Waals surface area contributed by atoms with Gasteiger partial charge in [-0.1, -0.05) is 96.6 Å². The van der Waals surface area contributed by atoms with Gasteiger partial charge in [-0.3, -0.25) is 4.79 Å². The third kappa shape index (κ3) is 8.55. The average Bonchev–Trinajstić information content (AvgIpc) is 3.21. The van der Waals surface area contributed by atoms with Crippen molar-refractivity contribution < 1.29 is 33.0 Å². The fourth-order valence-electron chi connectivity index (χ4n) is 9.05. The van der Waals surface area contributed by atoms with Gasteiger partial charge in [0.2, 0.25) is 0 Å². The molecule has 0 amide bonds. The molecule has 9 rings (SSSR count). The molecule has 5 atom stereocenters. The summed E-state index contributed by atoms with van der Waals surface area (Å²) in [6, 6.07) is 33.2. The van der Waals surface area contributed by atoms with Gasteiger partial charge in [-0.2, -0.15) is 0 Å². The Bertz CT molecular complexity index is 2470. The van der Waals surface area contributed by atoms with Gasteiger partial charge in [0, 0.05) is 48.3 Å². The number of ether oxygens (including phenoxy) is 4. The molecule has 304 valence electrons. The van der Waals surface area contributed by atoms with E-state index in [1.807, 2.05) is 39.8 Å². The monoisotopic (exact) mass is 792 g/mol. The molecule has 2 bridgehead atoms. The normalized spacial score (nSPS) is 22.7. The van der Waals surface area contributed by atoms with Crippen LogP contribution in [0.1, 0.15) is 104 Å². The molecule has 0 N–H and O–H groups in total. The van der Waals surface area contributed by atoms with E-state index in [4.69, 9.17) is 23.4 Å². The average molecular weight is 793 g/mol. The maximum atomic E-state index is 14.6. The number of carbonyl (C=O) groups excluding carboxylic acids is 2. The predicted molar refractivity (Wildman–Crippen MR) is 228 cm³/mol. The molecule has 8 nitrogen and oxygen atoms in total. The van der Waals surface area contributed by atoms with E-state index in [9.17, 15) is 14.4 Å². The van der Waals surface area contributed by atoms with Crippen molar-refractivity contribution >= 4 is 22.9 Å². The largest absolute Gasteiger partial charge is 0.483 e. The number of methoxy groups -OCH3 is 1. The van der Waals surface area contributed by atoms with Crippen molar-refractivity contribution in [2.45, 2.75) is 95.9 Å². The van der Waals surface area contributed by atoms with E-state index >= 15 is 0 Å². The first-order chi connectivity index (χ1) is 28.5. The van der Waals surface area contributed by atoms with Crippen LogP contribution in [0.2, 0.25) is 0 Å². The van der Waals surface area contributed by atoms with Gasteiger partial charge >= 0.3 is 17.6 Å². The zero-order chi connectivity index (χ0) is 41.3. The molecule has 59 heavy (non-hydrogen) atoms. The molecule has 1 aromatic heterocycles. The van der Waals surface area contributed by atoms with Crippen molar-refractivity contribution in [3.63, 3.8) is 0 Å². The summed E-state index contributed by atoms with van der Waals surface area (Å²) in [5.41, 5.74) is 6.74. The number of fused-ring (bicyclic) bond motifs is 11. The fourth-order valence-corrected chi connectivity index (χ4v) is 9.05. The van der Waals surface area contributed by atoms with Gasteiger partial charge in [0.25, 0.3) is 0 Å². The Kier molecular flexibility index (Phi) is 11.5. The first kappa shape index (κ1) is 40.1. The zero-order valence-corrected chi connectivity index (χ0v) is 34.5. The molecule has 0 saturated heterocycles. The van der Waals surface area contributed by atoms with E-state index in [-0.39, 0.29) is 29.8 Å². The first-order valence-corrected chi connectivity index (χ1v) is 20.7. The number of hydrogen-bond donors (Lipinski definition) is 0. The van der Waals surface area contributed by atoms with Crippen molar-refractivity contribution in [2.75, 3.05) is 13.7 Å². The van der Waals surface area contributed by atoms with Gasteiger partial charge in [-0.15, -0.1) is 0 Å². The summed E-state index contributed by atoms with van der Waals surface area (Å²) in [4.78, 5) is 42.2. The van der Waals surface area contributed by atoms with Gasteiger partial charge in [-0.25, -0.2) is 9.59 Å². The van der Waals surface area contributed by atoms with Crippen molar-refractivity contribution in [3.05, 3.63) is 170 Å². The van der Waals surface area contributed by atoms with Crippen LogP contribution in [0.25, 0.3) is 11.0 Å². The van der Waals surface area contributed by atoms with E-state index in [2.05, 4.69) is 84.9 Å². The third-order valence-corrected chi connectivity index (χ3v) is 12.2. The van der Waals surface area contributed by atoms with Crippen LogP contribution >= 0.6 is 0 Å². The molecule has 8 heteroatoms. The highest BCUT2D eigenvalue weighted by atomic mass is 16.6. The lowest BCUT2D eigenvalue weighted by Gasteiger charge is -2.43. The van der Waals surface area contributed by atoms with Crippen molar-refractivity contribution in [2.24, 2.45) is 5.92 Å². The summed E-state index contributed by atoms with van der Waals surface area (Å²) in [5, 5.41) is 0.633. The maximum absolute atomic E-state index is 14.6. The Morgan fingerprint density at radius 3 is 2.36 bits per heavy atom.